The van der Waals surface area contributed by atoms with Crippen LogP contribution in [0.3, 0.4) is 0 Å². The van der Waals surface area contributed by atoms with Crippen LogP contribution >= 0.6 is 11.6 Å². The van der Waals surface area contributed by atoms with Crippen molar-refractivity contribution in [3.05, 3.63) is 35.0 Å². The molecule has 31 heavy (non-hydrogen) atoms. The fourth-order valence-corrected chi connectivity index (χ4v) is 3.96. The zero-order valence-electron chi connectivity index (χ0n) is 16.9. The molecule has 0 radical (unpaired) electrons. The molecule has 3 N–H and O–H groups in total. The summed E-state index contributed by atoms with van der Waals surface area (Å²) in [7, 11) is 1.82. The summed E-state index contributed by atoms with van der Waals surface area (Å²) < 4.78 is 41.3. The van der Waals surface area contributed by atoms with E-state index >= 15 is 0 Å². The molecule has 0 spiro atoms. The van der Waals surface area contributed by atoms with Gasteiger partial charge in [0.1, 0.15) is 5.52 Å². The van der Waals surface area contributed by atoms with Gasteiger partial charge in [-0.05, 0) is 38.1 Å². The SMILES string of the molecule is CNCCn1c(Nc2cc(Cl)cc(C(F)(F)F)c2)nc2cnc(NC3CCCC3)nc21. The first kappa shape index (κ1) is 21.6. The highest BCUT2D eigenvalue weighted by Crippen LogP contribution is 2.34. The van der Waals surface area contributed by atoms with E-state index in [1.54, 1.807) is 6.20 Å². The predicted octanol–water partition coefficient (Wildman–Crippen LogP) is 4.82. The molecule has 0 saturated heterocycles. The third-order valence-corrected chi connectivity index (χ3v) is 5.46. The lowest BCUT2D eigenvalue weighted by atomic mass is 10.2. The van der Waals surface area contributed by atoms with E-state index in [0.29, 0.717) is 42.2 Å². The number of nitrogens with one attached hydrogen (secondary N) is 3. The maximum atomic E-state index is 13.2. The summed E-state index contributed by atoms with van der Waals surface area (Å²) in [5.74, 6) is 0.895. The van der Waals surface area contributed by atoms with Crippen LogP contribution in [0.4, 0.5) is 30.8 Å². The van der Waals surface area contributed by atoms with Gasteiger partial charge in [-0.1, -0.05) is 24.4 Å². The first-order chi connectivity index (χ1) is 14.8. The molecule has 2 heterocycles. The molecule has 1 aliphatic carbocycles. The number of aromatic nitrogens is 4. The van der Waals surface area contributed by atoms with Crippen molar-refractivity contribution in [2.75, 3.05) is 24.2 Å². The molecule has 166 valence electrons. The number of hydrogen-bond acceptors (Lipinski definition) is 6. The number of rotatable bonds is 7. The van der Waals surface area contributed by atoms with Crippen LogP contribution in [-0.2, 0) is 12.7 Å². The number of alkyl halides is 3. The highest BCUT2D eigenvalue weighted by atomic mass is 35.5. The molecular weight excluding hydrogens is 431 g/mol. The minimum atomic E-state index is -4.50. The number of halogens is 4. The van der Waals surface area contributed by atoms with E-state index in [-0.39, 0.29) is 10.7 Å². The van der Waals surface area contributed by atoms with Gasteiger partial charge in [-0.15, -0.1) is 0 Å². The number of fused-ring (bicyclic) bond motifs is 1. The first-order valence-electron chi connectivity index (χ1n) is 10.1. The molecule has 1 fully saturated rings. The van der Waals surface area contributed by atoms with E-state index in [2.05, 4.69) is 30.9 Å². The van der Waals surface area contributed by atoms with Crippen molar-refractivity contribution < 1.29 is 13.2 Å². The van der Waals surface area contributed by atoms with Crippen molar-refractivity contribution in [2.24, 2.45) is 0 Å². The lowest BCUT2D eigenvalue weighted by Gasteiger charge is -2.14. The van der Waals surface area contributed by atoms with Gasteiger partial charge in [-0.3, -0.25) is 4.57 Å². The summed E-state index contributed by atoms with van der Waals surface area (Å²) in [6, 6.07) is 3.68. The largest absolute Gasteiger partial charge is 0.416 e. The molecule has 4 rings (SSSR count). The number of nitrogens with zero attached hydrogens (tertiary/aromatic N) is 4. The standard InChI is InChI=1S/C20H23ClF3N7/c1-25-6-7-31-17-16(11-26-18(30-17)27-14-4-2-3-5-14)29-19(31)28-15-9-12(20(22,23)24)8-13(21)10-15/h8-11,14,25H,2-7H2,1H3,(H,28,29)(H,26,27,30). The second kappa shape index (κ2) is 8.88. The molecule has 7 nitrogen and oxygen atoms in total. The van der Waals surface area contributed by atoms with E-state index < -0.39 is 11.7 Å². The van der Waals surface area contributed by atoms with Gasteiger partial charge in [0.2, 0.25) is 11.9 Å². The molecule has 2 aromatic heterocycles. The van der Waals surface area contributed by atoms with E-state index in [4.69, 9.17) is 11.6 Å². The molecule has 0 bridgehead atoms. The fourth-order valence-electron chi connectivity index (χ4n) is 3.73. The molecule has 0 atom stereocenters. The van der Waals surface area contributed by atoms with Crippen LogP contribution in [-0.4, -0.2) is 39.2 Å². The van der Waals surface area contributed by atoms with Crippen LogP contribution in [0.2, 0.25) is 5.02 Å². The van der Waals surface area contributed by atoms with Crippen LogP contribution in [0, 0.1) is 0 Å². The molecular formula is C20H23ClF3N7. The van der Waals surface area contributed by atoms with E-state index in [9.17, 15) is 13.2 Å². The third kappa shape index (κ3) is 5.01. The Morgan fingerprint density at radius 3 is 2.65 bits per heavy atom. The lowest BCUT2D eigenvalue weighted by molar-refractivity contribution is -0.137. The molecule has 1 saturated carbocycles. The topological polar surface area (TPSA) is 79.7 Å². The van der Waals surface area contributed by atoms with Crippen LogP contribution in [0.15, 0.2) is 24.4 Å². The minimum absolute atomic E-state index is 0.0157. The second-order valence-electron chi connectivity index (χ2n) is 7.57. The molecule has 0 aliphatic heterocycles. The molecule has 0 amide bonds. The Bertz CT molecular complexity index is 1060. The zero-order chi connectivity index (χ0) is 22.0. The van der Waals surface area contributed by atoms with Gasteiger partial charge < -0.3 is 16.0 Å². The van der Waals surface area contributed by atoms with Gasteiger partial charge in [-0.2, -0.15) is 18.2 Å². The molecule has 1 aliphatic rings. The van der Waals surface area contributed by atoms with Gasteiger partial charge in [-0.25, -0.2) is 9.97 Å². The number of anilines is 3. The van der Waals surface area contributed by atoms with Gasteiger partial charge in [0.15, 0.2) is 5.65 Å². The van der Waals surface area contributed by atoms with Gasteiger partial charge in [0.05, 0.1) is 11.8 Å². The summed E-state index contributed by atoms with van der Waals surface area (Å²) in [5, 5.41) is 9.39. The predicted molar refractivity (Wildman–Crippen MR) is 115 cm³/mol. The van der Waals surface area contributed by atoms with Crippen molar-refractivity contribution in [3.8, 4) is 0 Å². The van der Waals surface area contributed by atoms with Gasteiger partial charge in [0, 0.05) is 29.8 Å². The van der Waals surface area contributed by atoms with Gasteiger partial charge in [0.25, 0.3) is 0 Å². The van der Waals surface area contributed by atoms with Crippen molar-refractivity contribution in [1.82, 2.24) is 24.8 Å². The van der Waals surface area contributed by atoms with E-state index in [1.165, 1.54) is 18.9 Å². The molecule has 0 unspecified atom stereocenters. The fraction of sp³-hybridized carbons (Fsp3) is 0.450. The average Bonchev–Trinajstić information content (AvgIpc) is 3.33. The second-order valence-corrected chi connectivity index (χ2v) is 8.01. The smallest absolute Gasteiger partial charge is 0.351 e. The number of likely N-dealkylation sites (N-methyl/N-ethyl adjacent to an activating group) is 1. The summed E-state index contributed by atoms with van der Waals surface area (Å²) in [6.07, 6.45) is 1.67. The Balaban J connectivity index is 1.68. The Hall–Kier alpha value is -2.59. The van der Waals surface area contributed by atoms with Crippen LogP contribution < -0.4 is 16.0 Å². The maximum Gasteiger partial charge on any atom is 0.416 e. The highest BCUT2D eigenvalue weighted by Gasteiger charge is 2.31. The average molecular weight is 454 g/mol. The van der Waals surface area contributed by atoms with Crippen molar-refractivity contribution in [3.63, 3.8) is 0 Å². The van der Waals surface area contributed by atoms with Crippen LogP contribution in [0.1, 0.15) is 31.2 Å². The quantitative estimate of drug-likeness (QED) is 0.476. The van der Waals surface area contributed by atoms with Crippen molar-refractivity contribution in [2.45, 2.75) is 44.4 Å². The Kier molecular flexibility index (Phi) is 6.19. The van der Waals surface area contributed by atoms with Crippen LogP contribution in [0.25, 0.3) is 11.2 Å². The molecule has 1 aromatic carbocycles. The number of benzene rings is 1. The van der Waals surface area contributed by atoms with E-state index in [1.807, 2.05) is 11.6 Å². The summed E-state index contributed by atoms with van der Waals surface area (Å²) in [6.45, 7) is 1.14. The van der Waals surface area contributed by atoms with Crippen molar-refractivity contribution in [1.29, 1.82) is 0 Å². The molecule has 3 aromatic rings. The normalized spacial score (nSPS) is 15.0. The van der Waals surface area contributed by atoms with Crippen molar-refractivity contribution >= 4 is 40.3 Å². The van der Waals surface area contributed by atoms with E-state index in [0.717, 1.165) is 25.0 Å². The maximum absolute atomic E-state index is 13.2. The molecule has 11 heteroatoms. The third-order valence-electron chi connectivity index (χ3n) is 5.24. The number of hydrogen-bond donors (Lipinski definition) is 3. The Morgan fingerprint density at radius 1 is 1.16 bits per heavy atom. The highest BCUT2D eigenvalue weighted by molar-refractivity contribution is 6.31. The summed E-state index contributed by atoms with van der Waals surface area (Å²) >= 11 is 5.92. The summed E-state index contributed by atoms with van der Waals surface area (Å²) in [4.78, 5) is 13.5. The first-order valence-corrected chi connectivity index (χ1v) is 10.5. The summed E-state index contributed by atoms with van der Waals surface area (Å²) in [5.41, 5.74) is 0.515. The van der Waals surface area contributed by atoms with Gasteiger partial charge >= 0.3 is 6.18 Å². The lowest BCUT2D eigenvalue weighted by Crippen LogP contribution is -2.18. The minimum Gasteiger partial charge on any atom is -0.351 e. The zero-order valence-corrected chi connectivity index (χ0v) is 17.7. The monoisotopic (exact) mass is 453 g/mol. The van der Waals surface area contributed by atoms with Crippen LogP contribution in [0.5, 0.6) is 0 Å². The number of imidazole rings is 1. The Morgan fingerprint density at radius 2 is 1.94 bits per heavy atom. The Labute approximate surface area is 182 Å².